The predicted molar refractivity (Wildman–Crippen MR) is 64.9 cm³/mol. The number of likely N-dealkylation sites (N-methyl/N-ethyl adjacent to an activating group) is 2. The van der Waals surface area contributed by atoms with E-state index in [4.69, 9.17) is 0 Å². The molecule has 0 saturated heterocycles. The van der Waals surface area contributed by atoms with Gasteiger partial charge in [-0.1, -0.05) is 6.07 Å². The summed E-state index contributed by atoms with van der Waals surface area (Å²) in [5.74, 6) is -3.23. The molecule has 0 heterocycles. The first-order valence-electron chi connectivity index (χ1n) is 5.47. The van der Waals surface area contributed by atoms with E-state index in [2.05, 4.69) is 5.32 Å². The Bertz CT molecular complexity index is 575. The van der Waals surface area contributed by atoms with Crippen LogP contribution in [0.25, 0.3) is 0 Å². The maximum Gasteiger partial charge on any atom is 0.246 e. The third-order valence-electron chi connectivity index (χ3n) is 2.34. The number of nitrogens with zero attached hydrogens (tertiary/aromatic N) is 1. The van der Waals surface area contributed by atoms with E-state index in [9.17, 15) is 22.0 Å². The second-order valence-electron chi connectivity index (χ2n) is 3.77. The maximum absolute atomic E-state index is 13.5. The zero-order valence-corrected chi connectivity index (χ0v) is 11.3. The van der Waals surface area contributed by atoms with Crippen LogP contribution in [-0.2, 0) is 14.8 Å². The third kappa shape index (κ3) is 3.48. The summed E-state index contributed by atoms with van der Waals surface area (Å²) < 4.78 is 51.1. The predicted octanol–water partition coefficient (Wildman–Crippen LogP) is 0.721. The lowest BCUT2D eigenvalue weighted by atomic mass is 10.3. The van der Waals surface area contributed by atoms with Crippen LogP contribution in [0.4, 0.5) is 8.78 Å². The number of benzene rings is 1. The number of hydrogen-bond acceptors (Lipinski definition) is 3. The highest BCUT2D eigenvalue weighted by molar-refractivity contribution is 7.89. The molecule has 1 amide bonds. The van der Waals surface area contributed by atoms with Crippen LogP contribution >= 0.6 is 0 Å². The lowest BCUT2D eigenvalue weighted by Crippen LogP contribution is -2.38. The molecule has 19 heavy (non-hydrogen) atoms. The van der Waals surface area contributed by atoms with Crippen molar-refractivity contribution < 1.29 is 22.0 Å². The Balaban J connectivity index is 3.04. The first kappa shape index (κ1) is 15.5. The second kappa shape index (κ2) is 6.07. The van der Waals surface area contributed by atoms with E-state index < -0.39 is 39.0 Å². The molecule has 0 atom stereocenters. The molecule has 5 nitrogen and oxygen atoms in total. The average molecular weight is 292 g/mol. The quantitative estimate of drug-likeness (QED) is 0.869. The van der Waals surface area contributed by atoms with Gasteiger partial charge in [-0.15, -0.1) is 0 Å². The molecule has 0 unspecified atom stereocenters. The molecule has 1 N–H and O–H groups in total. The molecule has 0 aliphatic rings. The highest BCUT2D eigenvalue weighted by Crippen LogP contribution is 2.19. The topological polar surface area (TPSA) is 66.5 Å². The van der Waals surface area contributed by atoms with Crippen LogP contribution in [0.2, 0.25) is 0 Å². The fraction of sp³-hybridized carbons (Fsp3) is 0.364. The van der Waals surface area contributed by atoms with Crippen molar-refractivity contribution in [2.45, 2.75) is 11.8 Å². The molecule has 0 fully saturated rings. The van der Waals surface area contributed by atoms with Gasteiger partial charge in [0, 0.05) is 13.6 Å². The molecule has 0 radical (unpaired) electrons. The lowest BCUT2D eigenvalue weighted by molar-refractivity contribution is -0.121. The van der Waals surface area contributed by atoms with Gasteiger partial charge in [-0.25, -0.2) is 17.2 Å². The second-order valence-corrected chi connectivity index (χ2v) is 5.78. The SMILES string of the molecule is CCNC(=O)CN(C)S(=O)(=O)c1cccc(F)c1F. The van der Waals surface area contributed by atoms with E-state index in [1.165, 1.54) is 0 Å². The molecule has 0 spiro atoms. The van der Waals surface area contributed by atoms with Gasteiger partial charge in [0.15, 0.2) is 11.6 Å². The van der Waals surface area contributed by atoms with Crippen LogP contribution in [0.1, 0.15) is 6.92 Å². The number of carbonyl (C=O) groups is 1. The summed E-state index contributed by atoms with van der Waals surface area (Å²) in [6.07, 6.45) is 0. The Morgan fingerprint density at radius 3 is 2.58 bits per heavy atom. The van der Waals surface area contributed by atoms with Crippen LogP contribution in [0, 0.1) is 11.6 Å². The van der Waals surface area contributed by atoms with Gasteiger partial charge in [0.1, 0.15) is 4.90 Å². The molecule has 0 aliphatic carbocycles. The summed E-state index contributed by atoms with van der Waals surface area (Å²) in [6.45, 7) is 1.56. The molecule has 8 heteroatoms. The van der Waals surface area contributed by atoms with Crippen molar-refractivity contribution in [2.75, 3.05) is 20.1 Å². The number of halogens is 2. The van der Waals surface area contributed by atoms with Crippen LogP contribution in [0.15, 0.2) is 23.1 Å². The minimum absolute atomic E-state index is 0.348. The van der Waals surface area contributed by atoms with Gasteiger partial charge in [-0.2, -0.15) is 4.31 Å². The van der Waals surface area contributed by atoms with Gasteiger partial charge >= 0.3 is 0 Å². The van der Waals surface area contributed by atoms with Crippen LogP contribution in [0.3, 0.4) is 0 Å². The normalized spacial score (nSPS) is 11.6. The zero-order chi connectivity index (χ0) is 14.6. The summed E-state index contributed by atoms with van der Waals surface area (Å²) in [7, 11) is -3.13. The number of rotatable bonds is 5. The Kier molecular flexibility index (Phi) is 4.96. The van der Waals surface area contributed by atoms with Crippen LogP contribution in [0.5, 0.6) is 0 Å². The highest BCUT2D eigenvalue weighted by Gasteiger charge is 2.27. The fourth-order valence-corrected chi connectivity index (χ4v) is 2.59. The van der Waals surface area contributed by atoms with Gasteiger partial charge in [0.25, 0.3) is 0 Å². The first-order valence-corrected chi connectivity index (χ1v) is 6.91. The Morgan fingerprint density at radius 1 is 1.37 bits per heavy atom. The van der Waals surface area contributed by atoms with Crippen molar-refractivity contribution in [3.8, 4) is 0 Å². The first-order chi connectivity index (χ1) is 8.80. The molecular weight excluding hydrogens is 278 g/mol. The number of sulfonamides is 1. The summed E-state index contributed by atoms with van der Waals surface area (Å²) in [5, 5.41) is 2.41. The van der Waals surface area contributed by atoms with Gasteiger partial charge in [0.2, 0.25) is 15.9 Å². The number of nitrogens with one attached hydrogen (secondary N) is 1. The average Bonchev–Trinajstić information content (AvgIpc) is 2.32. The van der Waals surface area contributed by atoms with E-state index in [1.54, 1.807) is 6.92 Å². The van der Waals surface area contributed by atoms with Crippen molar-refractivity contribution >= 4 is 15.9 Å². The van der Waals surface area contributed by atoms with Gasteiger partial charge < -0.3 is 5.32 Å². The maximum atomic E-state index is 13.5. The van der Waals surface area contributed by atoms with Crippen molar-refractivity contribution in [2.24, 2.45) is 0 Å². The van der Waals surface area contributed by atoms with Crippen molar-refractivity contribution in [3.63, 3.8) is 0 Å². The molecule has 0 saturated carbocycles. The van der Waals surface area contributed by atoms with Crippen molar-refractivity contribution in [1.82, 2.24) is 9.62 Å². The molecule has 0 aliphatic heterocycles. The minimum atomic E-state index is -4.25. The Labute approximate surface area is 110 Å². The Morgan fingerprint density at radius 2 is 2.00 bits per heavy atom. The summed E-state index contributed by atoms with van der Waals surface area (Å²) in [4.78, 5) is 10.5. The summed E-state index contributed by atoms with van der Waals surface area (Å²) in [6, 6.07) is 2.85. The standard InChI is InChI=1S/C11H14F2N2O3S/c1-3-14-10(16)7-15(2)19(17,18)9-6-4-5-8(12)11(9)13/h4-6H,3,7H2,1-2H3,(H,14,16). The van der Waals surface area contributed by atoms with E-state index in [0.717, 1.165) is 25.2 Å². The largest absolute Gasteiger partial charge is 0.355 e. The molecule has 1 rings (SSSR count). The molecule has 0 bridgehead atoms. The molecule has 1 aromatic carbocycles. The zero-order valence-electron chi connectivity index (χ0n) is 10.5. The number of carbonyl (C=O) groups excluding carboxylic acids is 1. The highest BCUT2D eigenvalue weighted by atomic mass is 32.2. The molecule has 0 aromatic heterocycles. The minimum Gasteiger partial charge on any atom is -0.355 e. The van der Waals surface area contributed by atoms with E-state index in [-0.39, 0.29) is 0 Å². The Hall–Kier alpha value is -1.54. The van der Waals surface area contributed by atoms with Gasteiger partial charge in [0.05, 0.1) is 6.54 Å². The van der Waals surface area contributed by atoms with Crippen molar-refractivity contribution in [1.29, 1.82) is 0 Å². The van der Waals surface area contributed by atoms with E-state index in [1.807, 2.05) is 0 Å². The summed E-state index contributed by atoms with van der Waals surface area (Å²) >= 11 is 0. The van der Waals surface area contributed by atoms with Crippen molar-refractivity contribution in [3.05, 3.63) is 29.8 Å². The summed E-state index contributed by atoms with van der Waals surface area (Å²) in [5.41, 5.74) is 0. The van der Waals surface area contributed by atoms with Gasteiger partial charge in [-0.3, -0.25) is 4.79 Å². The fourth-order valence-electron chi connectivity index (χ4n) is 1.39. The number of amides is 1. The van der Waals surface area contributed by atoms with Gasteiger partial charge in [-0.05, 0) is 19.1 Å². The molecule has 106 valence electrons. The molecule has 1 aromatic rings. The monoisotopic (exact) mass is 292 g/mol. The number of hydrogen-bond donors (Lipinski definition) is 1. The van der Waals surface area contributed by atoms with E-state index in [0.29, 0.717) is 10.8 Å². The van der Waals surface area contributed by atoms with Crippen LogP contribution < -0.4 is 5.32 Å². The van der Waals surface area contributed by atoms with E-state index >= 15 is 0 Å². The third-order valence-corrected chi connectivity index (χ3v) is 4.17. The lowest BCUT2D eigenvalue weighted by Gasteiger charge is -2.17. The molecular formula is C11H14F2N2O3S. The van der Waals surface area contributed by atoms with Crippen LogP contribution in [-0.4, -0.2) is 38.8 Å². The smallest absolute Gasteiger partial charge is 0.246 e.